The Morgan fingerprint density at radius 1 is 1.21 bits per heavy atom. The van der Waals surface area contributed by atoms with E-state index in [1.165, 1.54) is 29.1 Å². The fraction of sp³-hybridized carbons (Fsp3) is 0.286. The highest BCUT2D eigenvalue weighted by atomic mass is 19.4. The Labute approximate surface area is 187 Å². The van der Waals surface area contributed by atoms with Crippen molar-refractivity contribution in [3.8, 4) is 5.69 Å². The summed E-state index contributed by atoms with van der Waals surface area (Å²) in [6.45, 7) is 0. The summed E-state index contributed by atoms with van der Waals surface area (Å²) in [7, 11) is 1.61. The highest BCUT2D eigenvalue weighted by molar-refractivity contribution is 5.84. The molecule has 34 heavy (non-hydrogen) atoms. The number of carbonyl (C=O) groups is 1. The number of nitrogens with one attached hydrogen (secondary N) is 1. The van der Waals surface area contributed by atoms with Crippen LogP contribution >= 0.6 is 0 Å². The van der Waals surface area contributed by atoms with Crippen LogP contribution in [0.15, 0.2) is 41.6 Å². The van der Waals surface area contributed by atoms with E-state index in [1.807, 2.05) is 0 Å². The van der Waals surface area contributed by atoms with Crippen LogP contribution in [0.25, 0.3) is 16.7 Å². The molecule has 0 atom stereocenters. The number of imidazole rings is 1. The largest absolute Gasteiger partial charge is 0.419 e. The van der Waals surface area contributed by atoms with Crippen LogP contribution in [0.5, 0.6) is 0 Å². The highest BCUT2D eigenvalue weighted by Gasteiger charge is 2.60. The van der Waals surface area contributed by atoms with E-state index in [4.69, 9.17) is 0 Å². The van der Waals surface area contributed by atoms with Crippen LogP contribution in [0.2, 0.25) is 0 Å². The first-order valence-corrected chi connectivity index (χ1v) is 9.96. The lowest BCUT2D eigenvalue weighted by Crippen LogP contribution is -2.51. The first kappa shape index (κ1) is 21.9. The zero-order chi connectivity index (χ0) is 24.5. The molecule has 0 unspecified atom stereocenters. The van der Waals surface area contributed by atoms with Crippen LogP contribution in [-0.4, -0.2) is 41.5 Å². The quantitative estimate of drug-likeness (QED) is 0.358. The third-order valence-electron chi connectivity index (χ3n) is 6.02. The summed E-state index contributed by atoms with van der Waals surface area (Å²) >= 11 is 0. The van der Waals surface area contributed by atoms with E-state index < -0.39 is 58.3 Å². The van der Waals surface area contributed by atoms with E-state index in [0.29, 0.717) is 11.8 Å². The van der Waals surface area contributed by atoms with Crippen molar-refractivity contribution in [3.63, 3.8) is 0 Å². The van der Waals surface area contributed by atoms with Crippen molar-refractivity contribution in [2.24, 2.45) is 7.05 Å². The number of benzene rings is 1. The van der Waals surface area contributed by atoms with Crippen molar-refractivity contribution in [2.75, 3.05) is 0 Å². The minimum atomic E-state index is -4.88. The number of aromatic amines is 1. The van der Waals surface area contributed by atoms with Gasteiger partial charge >= 0.3 is 6.18 Å². The lowest BCUT2D eigenvalue weighted by Gasteiger charge is -2.46. The Kier molecular flexibility index (Phi) is 4.54. The van der Waals surface area contributed by atoms with Crippen molar-refractivity contribution in [2.45, 2.75) is 30.4 Å². The Morgan fingerprint density at radius 3 is 2.53 bits per heavy atom. The highest BCUT2D eigenvalue weighted by Crippen LogP contribution is 2.56. The maximum atomic E-state index is 14.0. The van der Waals surface area contributed by atoms with E-state index in [2.05, 4.69) is 20.2 Å². The molecule has 0 radical (unpaired) electrons. The third kappa shape index (κ3) is 3.22. The average molecular weight is 478 g/mol. The maximum absolute atomic E-state index is 14.0. The second kappa shape index (κ2) is 7.05. The number of aryl methyl sites for hydroxylation is 1. The summed E-state index contributed by atoms with van der Waals surface area (Å²) in [5.41, 5.74) is -4.15. The smallest absolute Gasteiger partial charge is 0.331 e. The summed E-state index contributed by atoms with van der Waals surface area (Å²) in [5, 5.41) is 7.76. The van der Waals surface area contributed by atoms with Crippen molar-refractivity contribution >= 4 is 17.3 Å². The van der Waals surface area contributed by atoms with Crippen molar-refractivity contribution in [1.82, 2.24) is 29.3 Å². The van der Waals surface area contributed by atoms with Crippen LogP contribution in [0, 0.1) is 0 Å². The predicted octanol–water partition coefficient (Wildman–Crippen LogP) is 3.39. The molecule has 0 amide bonds. The van der Waals surface area contributed by atoms with E-state index in [-0.39, 0.29) is 17.8 Å². The summed E-state index contributed by atoms with van der Waals surface area (Å²) in [5.74, 6) is -3.11. The number of carbonyl (C=O) groups excluding carboxylic acids is 1. The van der Waals surface area contributed by atoms with Gasteiger partial charge in [-0.25, -0.2) is 13.8 Å². The molecule has 4 aromatic rings. The maximum Gasteiger partial charge on any atom is 0.419 e. The molecule has 13 heteroatoms. The zero-order valence-electron chi connectivity index (χ0n) is 17.4. The number of fused-ring (bicyclic) bond motifs is 1. The van der Waals surface area contributed by atoms with Crippen LogP contribution in [0.3, 0.4) is 0 Å². The van der Waals surface area contributed by atoms with Gasteiger partial charge in [-0.15, -0.1) is 10.2 Å². The second-order valence-corrected chi connectivity index (χ2v) is 8.29. The van der Waals surface area contributed by atoms with Crippen LogP contribution in [0.1, 0.15) is 40.4 Å². The first-order chi connectivity index (χ1) is 15.9. The number of alkyl halides is 5. The third-order valence-corrected chi connectivity index (χ3v) is 6.02. The van der Waals surface area contributed by atoms with Crippen LogP contribution in [0.4, 0.5) is 22.0 Å². The number of aromatic nitrogens is 6. The van der Waals surface area contributed by atoms with Gasteiger partial charge in [-0.3, -0.25) is 14.2 Å². The van der Waals surface area contributed by atoms with E-state index in [1.54, 1.807) is 13.1 Å². The number of pyridine rings is 1. The van der Waals surface area contributed by atoms with Gasteiger partial charge in [-0.1, -0.05) is 12.1 Å². The molecule has 0 aliphatic heterocycles. The first-order valence-electron chi connectivity index (χ1n) is 9.96. The molecule has 1 N–H and O–H groups in total. The summed E-state index contributed by atoms with van der Waals surface area (Å²) in [6, 6.07) is 5.79. The summed E-state index contributed by atoms with van der Waals surface area (Å²) in [4.78, 5) is 29.9. The number of aldehydes is 1. The molecule has 3 heterocycles. The molecule has 8 nitrogen and oxygen atoms in total. The summed E-state index contributed by atoms with van der Waals surface area (Å²) < 4.78 is 71.6. The van der Waals surface area contributed by atoms with Crippen molar-refractivity contribution in [1.29, 1.82) is 0 Å². The molecule has 3 aromatic heterocycles. The van der Waals surface area contributed by atoms with Gasteiger partial charge in [0.15, 0.2) is 12.1 Å². The minimum Gasteiger partial charge on any atom is -0.331 e. The molecule has 1 aromatic carbocycles. The van der Waals surface area contributed by atoms with Crippen LogP contribution < -0.4 is 5.56 Å². The lowest BCUT2D eigenvalue weighted by atomic mass is 9.61. The number of hydrogen-bond acceptors (Lipinski definition) is 5. The van der Waals surface area contributed by atoms with Gasteiger partial charge in [-0.05, 0) is 17.7 Å². The van der Waals surface area contributed by atoms with E-state index in [0.717, 1.165) is 4.57 Å². The topological polar surface area (TPSA) is 98.5 Å². The van der Waals surface area contributed by atoms with Gasteiger partial charge in [-0.2, -0.15) is 13.2 Å². The molecule has 0 spiro atoms. The Morgan fingerprint density at radius 2 is 1.94 bits per heavy atom. The van der Waals surface area contributed by atoms with Gasteiger partial charge in [0.05, 0.1) is 5.41 Å². The number of rotatable bonds is 4. The normalized spacial score (nSPS) is 17.0. The number of hydrogen-bond donors (Lipinski definition) is 1. The zero-order valence-corrected chi connectivity index (χ0v) is 17.4. The lowest BCUT2D eigenvalue weighted by molar-refractivity contribution is -0.136. The second-order valence-electron chi connectivity index (χ2n) is 8.29. The monoisotopic (exact) mass is 478 g/mol. The standard InChI is InChI=1S/C21H15F5N6O2/c1-31-10-27-30-18(31)19(8-20(22,23)9-19)11-3-2-4-12(5-11)32-6-13(21(24,25)26)15-16(17(32)34)29-14(7-33)28-15/h2-7,10H,8-9H2,1H3,(H,28,29). The average Bonchev–Trinajstić information content (AvgIpc) is 3.38. The van der Waals surface area contributed by atoms with E-state index in [9.17, 15) is 31.5 Å². The Bertz CT molecular complexity index is 1490. The molecule has 1 aliphatic rings. The summed E-state index contributed by atoms with van der Waals surface area (Å²) in [6.07, 6.45) is -3.86. The Hall–Kier alpha value is -3.90. The SMILES string of the molecule is Cn1cnnc1C1(c2cccc(-n3cc(C(F)(F)F)c4nc(C=O)[nH]c4c3=O)c2)CC(F)(F)C1. The molecule has 0 saturated heterocycles. The van der Waals surface area contributed by atoms with E-state index >= 15 is 0 Å². The number of halogens is 5. The van der Waals surface area contributed by atoms with Gasteiger partial charge in [0.2, 0.25) is 0 Å². The molecule has 176 valence electrons. The van der Waals surface area contributed by atoms with Gasteiger partial charge in [0.25, 0.3) is 11.5 Å². The number of nitrogens with zero attached hydrogens (tertiary/aromatic N) is 5. The predicted molar refractivity (Wildman–Crippen MR) is 108 cm³/mol. The van der Waals surface area contributed by atoms with Gasteiger partial charge in [0.1, 0.15) is 28.7 Å². The van der Waals surface area contributed by atoms with Gasteiger partial charge in [0, 0.05) is 31.8 Å². The molecular formula is C21H15F5N6O2. The van der Waals surface area contributed by atoms with Gasteiger partial charge < -0.3 is 9.55 Å². The molecule has 1 aliphatic carbocycles. The van der Waals surface area contributed by atoms with Crippen molar-refractivity contribution < 1.29 is 26.7 Å². The molecular weight excluding hydrogens is 463 g/mol. The molecule has 1 saturated carbocycles. The van der Waals surface area contributed by atoms with Crippen molar-refractivity contribution in [3.05, 3.63) is 69.9 Å². The fourth-order valence-corrected chi connectivity index (χ4v) is 4.56. The minimum absolute atomic E-state index is 0.0221. The Balaban J connectivity index is 1.72. The molecule has 0 bridgehead atoms. The fourth-order valence-electron chi connectivity index (χ4n) is 4.56. The molecule has 1 fully saturated rings. The van der Waals surface area contributed by atoms with Crippen LogP contribution in [-0.2, 0) is 18.6 Å². The molecule has 5 rings (SSSR count). The number of H-pyrrole nitrogens is 1.